The van der Waals surface area contributed by atoms with Gasteiger partial charge in [0.25, 0.3) is 0 Å². The summed E-state index contributed by atoms with van der Waals surface area (Å²) in [6.45, 7) is 4.51. The van der Waals surface area contributed by atoms with Crippen LogP contribution in [0, 0.1) is 0 Å². The van der Waals surface area contributed by atoms with Crippen molar-refractivity contribution >= 4 is 12.0 Å². The lowest BCUT2D eigenvalue weighted by Gasteiger charge is -2.26. The first-order chi connectivity index (χ1) is 8.45. The van der Waals surface area contributed by atoms with Crippen LogP contribution in [0.3, 0.4) is 0 Å². The number of aliphatic carboxylic acids is 1. The van der Waals surface area contributed by atoms with E-state index in [9.17, 15) is 9.59 Å². The van der Waals surface area contributed by atoms with Crippen molar-refractivity contribution in [3.63, 3.8) is 0 Å². The second kappa shape index (κ2) is 6.58. The molecule has 0 aliphatic heterocycles. The lowest BCUT2D eigenvalue weighted by Crippen LogP contribution is -2.47. The molecule has 0 radical (unpaired) electrons. The van der Waals surface area contributed by atoms with Crippen LogP contribution in [0.15, 0.2) is 0 Å². The van der Waals surface area contributed by atoms with Crippen LogP contribution in [0.25, 0.3) is 0 Å². The predicted octanol–water partition coefficient (Wildman–Crippen LogP) is 0.585. The molecule has 104 valence electrons. The zero-order valence-electron chi connectivity index (χ0n) is 11.3. The van der Waals surface area contributed by atoms with Gasteiger partial charge in [-0.1, -0.05) is 0 Å². The van der Waals surface area contributed by atoms with Gasteiger partial charge in [-0.3, -0.25) is 9.69 Å². The van der Waals surface area contributed by atoms with E-state index < -0.39 is 5.97 Å². The number of nitrogens with one attached hydrogen (secondary N) is 1. The lowest BCUT2D eigenvalue weighted by molar-refractivity contribution is -0.137. The zero-order chi connectivity index (χ0) is 13.7. The number of hydrogen-bond acceptors (Lipinski definition) is 3. The predicted molar refractivity (Wildman–Crippen MR) is 68.5 cm³/mol. The van der Waals surface area contributed by atoms with Crippen LogP contribution in [0.4, 0.5) is 4.79 Å². The second-order valence-corrected chi connectivity index (χ2v) is 4.84. The summed E-state index contributed by atoms with van der Waals surface area (Å²) in [5, 5.41) is 11.5. The Kier molecular flexibility index (Phi) is 5.40. The van der Waals surface area contributed by atoms with Crippen molar-refractivity contribution in [3.05, 3.63) is 0 Å². The van der Waals surface area contributed by atoms with Crippen molar-refractivity contribution in [2.75, 3.05) is 26.7 Å². The standard InChI is InChI=1S/C12H23N3O3/c1-4-15(8-11(16)17)12(18)13-7-9(2)14(3)10-5-6-10/h9-10H,4-8H2,1-3H3,(H,13,18)(H,16,17). The molecule has 1 aliphatic carbocycles. The van der Waals surface area contributed by atoms with Crippen LogP contribution in [-0.4, -0.2) is 65.7 Å². The van der Waals surface area contributed by atoms with E-state index in [0.29, 0.717) is 19.1 Å². The highest BCUT2D eigenvalue weighted by atomic mass is 16.4. The fraction of sp³-hybridized carbons (Fsp3) is 0.833. The smallest absolute Gasteiger partial charge is 0.323 e. The Morgan fingerprint density at radius 1 is 1.44 bits per heavy atom. The summed E-state index contributed by atoms with van der Waals surface area (Å²) in [5.41, 5.74) is 0. The van der Waals surface area contributed by atoms with E-state index >= 15 is 0 Å². The van der Waals surface area contributed by atoms with Crippen LogP contribution in [0.1, 0.15) is 26.7 Å². The molecule has 6 heteroatoms. The summed E-state index contributed by atoms with van der Waals surface area (Å²) in [6, 6.07) is 0.610. The number of carbonyl (C=O) groups excluding carboxylic acids is 1. The summed E-state index contributed by atoms with van der Waals surface area (Å²) in [7, 11) is 2.06. The molecule has 1 aliphatic rings. The molecule has 1 rings (SSSR count). The molecule has 0 heterocycles. The number of carboxylic acids is 1. The van der Waals surface area contributed by atoms with Crippen LogP contribution in [0.2, 0.25) is 0 Å². The molecule has 2 N–H and O–H groups in total. The Hall–Kier alpha value is -1.30. The Morgan fingerprint density at radius 2 is 2.06 bits per heavy atom. The monoisotopic (exact) mass is 257 g/mol. The molecule has 0 aromatic carbocycles. The number of carboxylic acid groups (broad SMARTS) is 1. The van der Waals surface area contributed by atoms with E-state index in [1.54, 1.807) is 6.92 Å². The lowest BCUT2D eigenvalue weighted by atomic mass is 10.3. The molecular formula is C12H23N3O3. The first kappa shape index (κ1) is 14.8. The van der Waals surface area contributed by atoms with Crippen molar-refractivity contribution in [1.82, 2.24) is 15.1 Å². The summed E-state index contributed by atoms with van der Waals surface area (Å²) in [5.74, 6) is -0.991. The minimum Gasteiger partial charge on any atom is -0.480 e. The topological polar surface area (TPSA) is 72.9 Å². The third kappa shape index (κ3) is 4.52. The van der Waals surface area contributed by atoms with E-state index in [2.05, 4.69) is 24.2 Å². The van der Waals surface area contributed by atoms with Crippen molar-refractivity contribution < 1.29 is 14.7 Å². The molecule has 1 unspecified atom stereocenters. The SMILES string of the molecule is CCN(CC(=O)O)C(=O)NCC(C)N(C)C1CC1. The quantitative estimate of drug-likeness (QED) is 0.700. The van der Waals surface area contributed by atoms with Gasteiger partial charge >= 0.3 is 12.0 Å². The molecule has 0 aromatic rings. The van der Waals surface area contributed by atoms with E-state index in [1.165, 1.54) is 17.7 Å². The second-order valence-electron chi connectivity index (χ2n) is 4.84. The summed E-state index contributed by atoms with van der Waals surface area (Å²) >= 11 is 0. The van der Waals surface area contributed by atoms with E-state index in [1.807, 2.05) is 0 Å². The molecule has 0 bridgehead atoms. The zero-order valence-corrected chi connectivity index (χ0v) is 11.3. The Labute approximate surface area is 108 Å². The molecule has 0 saturated heterocycles. The molecule has 1 saturated carbocycles. The molecule has 1 fully saturated rings. The van der Waals surface area contributed by atoms with Gasteiger partial charge in [0, 0.05) is 25.2 Å². The number of likely N-dealkylation sites (N-methyl/N-ethyl adjacent to an activating group) is 2. The number of amides is 2. The van der Waals surface area contributed by atoms with Crippen molar-refractivity contribution in [2.45, 2.75) is 38.8 Å². The van der Waals surface area contributed by atoms with Gasteiger partial charge in [0.05, 0.1) is 0 Å². The summed E-state index contributed by atoms with van der Waals surface area (Å²) < 4.78 is 0. The molecule has 6 nitrogen and oxygen atoms in total. The van der Waals surface area contributed by atoms with Crippen molar-refractivity contribution in [3.8, 4) is 0 Å². The van der Waals surface area contributed by atoms with Gasteiger partial charge in [0.1, 0.15) is 6.54 Å². The van der Waals surface area contributed by atoms with Gasteiger partial charge in [-0.05, 0) is 33.7 Å². The maximum absolute atomic E-state index is 11.8. The molecule has 2 amide bonds. The number of rotatable bonds is 7. The van der Waals surface area contributed by atoms with E-state index in [-0.39, 0.29) is 18.6 Å². The number of carbonyl (C=O) groups is 2. The average Bonchev–Trinajstić information content (AvgIpc) is 3.15. The minimum absolute atomic E-state index is 0.255. The Balaban J connectivity index is 2.31. The van der Waals surface area contributed by atoms with E-state index in [0.717, 1.165) is 0 Å². The first-order valence-corrected chi connectivity index (χ1v) is 6.42. The normalized spacial score (nSPS) is 16.4. The highest BCUT2D eigenvalue weighted by Gasteiger charge is 2.29. The van der Waals surface area contributed by atoms with Gasteiger partial charge in [0.15, 0.2) is 0 Å². The third-order valence-corrected chi connectivity index (χ3v) is 3.36. The van der Waals surface area contributed by atoms with Crippen LogP contribution < -0.4 is 5.32 Å². The molecule has 1 atom stereocenters. The molecule has 0 spiro atoms. The fourth-order valence-electron chi connectivity index (χ4n) is 1.82. The maximum atomic E-state index is 11.8. The largest absolute Gasteiger partial charge is 0.480 e. The fourth-order valence-corrected chi connectivity index (χ4v) is 1.82. The first-order valence-electron chi connectivity index (χ1n) is 6.42. The van der Waals surface area contributed by atoms with Gasteiger partial charge in [-0.15, -0.1) is 0 Å². The third-order valence-electron chi connectivity index (χ3n) is 3.36. The van der Waals surface area contributed by atoms with E-state index in [4.69, 9.17) is 5.11 Å². The van der Waals surface area contributed by atoms with Gasteiger partial charge < -0.3 is 15.3 Å². The van der Waals surface area contributed by atoms with Crippen molar-refractivity contribution in [1.29, 1.82) is 0 Å². The number of urea groups is 1. The average molecular weight is 257 g/mol. The molecular weight excluding hydrogens is 234 g/mol. The Morgan fingerprint density at radius 3 is 2.50 bits per heavy atom. The Bertz CT molecular complexity index is 305. The minimum atomic E-state index is -0.991. The number of hydrogen-bond donors (Lipinski definition) is 2. The maximum Gasteiger partial charge on any atom is 0.323 e. The summed E-state index contributed by atoms with van der Waals surface area (Å²) in [4.78, 5) is 25.9. The number of nitrogens with zero attached hydrogens (tertiary/aromatic N) is 2. The van der Waals surface area contributed by atoms with Crippen LogP contribution in [-0.2, 0) is 4.79 Å². The molecule has 18 heavy (non-hydrogen) atoms. The van der Waals surface area contributed by atoms with Gasteiger partial charge in [-0.25, -0.2) is 4.79 Å². The highest BCUT2D eigenvalue weighted by Crippen LogP contribution is 2.26. The van der Waals surface area contributed by atoms with Crippen LogP contribution >= 0.6 is 0 Å². The molecule has 0 aromatic heterocycles. The van der Waals surface area contributed by atoms with Crippen molar-refractivity contribution in [2.24, 2.45) is 0 Å². The highest BCUT2D eigenvalue weighted by molar-refractivity contribution is 5.80. The summed E-state index contributed by atoms with van der Waals surface area (Å²) in [6.07, 6.45) is 2.46. The van der Waals surface area contributed by atoms with Gasteiger partial charge in [-0.2, -0.15) is 0 Å². The van der Waals surface area contributed by atoms with Gasteiger partial charge in [0.2, 0.25) is 0 Å². The van der Waals surface area contributed by atoms with Crippen LogP contribution in [0.5, 0.6) is 0 Å².